The van der Waals surface area contributed by atoms with Crippen molar-refractivity contribution in [2.75, 3.05) is 11.5 Å². The number of hydrogen-bond donors (Lipinski definition) is 4. The highest BCUT2D eigenvalue weighted by molar-refractivity contribution is 5.71. The molecule has 8 atom stereocenters. The van der Waals surface area contributed by atoms with Crippen molar-refractivity contribution in [2.45, 2.75) is 153 Å². The van der Waals surface area contributed by atoms with Gasteiger partial charge in [-0.2, -0.15) is 0 Å². The molecular weight excluding hydrogens is 640 g/mol. The Hall–Kier alpha value is -3.32. The summed E-state index contributed by atoms with van der Waals surface area (Å²) in [6.45, 7) is 11.1. The van der Waals surface area contributed by atoms with E-state index < -0.39 is 22.4 Å². The minimum Gasteiger partial charge on any atom is -0.460 e. The first-order chi connectivity index (χ1) is 23.4. The maximum absolute atomic E-state index is 12.4. The quantitative estimate of drug-likeness (QED) is 0.278. The van der Waals surface area contributed by atoms with Crippen molar-refractivity contribution in [3.63, 3.8) is 0 Å². The van der Waals surface area contributed by atoms with E-state index in [0.717, 1.165) is 36.8 Å². The molecule has 2 saturated heterocycles. The monoisotopic (exact) mass is 696 g/mol. The zero-order chi connectivity index (χ0) is 36.5. The number of hydrogen-bond acceptors (Lipinski definition) is 12. The largest absolute Gasteiger partial charge is 0.460 e. The van der Waals surface area contributed by atoms with Crippen LogP contribution in [0.25, 0.3) is 0 Å². The van der Waals surface area contributed by atoms with Gasteiger partial charge in [0, 0.05) is 35.4 Å². The Balaban J connectivity index is 0.000000194. The Labute approximate surface area is 295 Å². The molecule has 0 amide bonds. The lowest BCUT2D eigenvalue weighted by molar-refractivity contribution is -0.200. The Morgan fingerprint density at radius 3 is 1.48 bits per heavy atom. The van der Waals surface area contributed by atoms with E-state index in [1.54, 1.807) is 24.8 Å². The fourth-order valence-corrected chi connectivity index (χ4v) is 8.21. The second-order valence-electron chi connectivity index (χ2n) is 16.4. The maximum Gasteiger partial charge on any atom is 0.306 e. The van der Waals surface area contributed by atoms with E-state index in [2.05, 4.69) is 9.97 Å². The predicted molar refractivity (Wildman–Crippen MR) is 187 cm³/mol. The SMILES string of the molecule is CC(C)(C)OC(=O)C[C@@H]1C[C@H](c2ccncc2N)O[C@@H]2CCC[C@]12O.CC(C)(C)OC(=O)C[C@H]1C[C@@H](c2ccncc2N)O[C@H]2CCC[C@@]12O. The van der Waals surface area contributed by atoms with Crippen LogP contribution in [-0.2, 0) is 28.5 Å². The van der Waals surface area contributed by atoms with Gasteiger partial charge >= 0.3 is 11.9 Å². The average Bonchev–Trinajstić information content (AvgIpc) is 3.59. The first kappa shape index (κ1) is 37.9. The van der Waals surface area contributed by atoms with Gasteiger partial charge in [-0.05, 0) is 105 Å². The number of aliphatic hydroxyl groups is 2. The first-order valence-electron chi connectivity index (χ1n) is 18.0. The highest BCUT2D eigenvalue weighted by Gasteiger charge is 2.55. The zero-order valence-corrected chi connectivity index (χ0v) is 30.4. The third kappa shape index (κ3) is 8.75. The highest BCUT2D eigenvalue weighted by Crippen LogP contribution is 2.52. The van der Waals surface area contributed by atoms with Crippen LogP contribution in [0.1, 0.15) is 129 Å². The summed E-state index contributed by atoms with van der Waals surface area (Å²) >= 11 is 0. The molecule has 2 aliphatic carbocycles. The zero-order valence-electron chi connectivity index (χ0n) is 30.4. The Bertz CT molecular complexity index is 1400. The standard InChI is InChI=1S/2C19H28N2O4/c2*1-18(2,3)25-17(22)10-12-9-15(13-6-8-21-11-14(13)20)24-16-5-4-7-19(12,16)23/h2*6,8,11-12,15-16,23H,4-5,7,9-10,20H2,1-3H3/t2*12-,15+,16+,19-/m10/s1. The van der Waals surface area contributed by atoms with Crippen LogP contribution in [0, 0.1) is 11.8 Å². The molecule has 0 radical (unpaired) electrons. The fraction of sp³-hybridized carbons (Fsp3) is 0.684. The summed E-state index contributed by atoms with van der Waals surface area (Å²) in [5.74, 6) is -0.970. The summed E-state index contributed by atoms with van der Waals surface area (Å²) in [5.41, 5.74) is 12.0. The summed E-state index contributed by atoms with van der Waals surface area (Å²) in [5, 5.41) is 22.4. The van der Waals surface area contributed by atoms with E-state index in [4.69, 9.17) is 30.4 Å². The van der Waals surface area contributed by atoms with E-state index in [1.165, 1.54) is 0 Å². The molecule has 50 heavy (non-hydrogen) atoms. The predicted octanol–water partition coefficient (Wildman–Crippen LogP) is 5.51. The number of aromatic nitrogens is 2. The number of carbonyl (C=O) groups is 2. The molecular formula is C38H56N4O8. The van der Waals surface area contributed by atoms with Crippen LogP contribution >= 0.6 is 0 Å². The number of carbonyl (C=O) groups excluding carboxylic acids is 2. The van der Waals surface area contributed by atoms with Crippen LogP contribution in [0.15, 0.2) is 36.9 Å². The molecule has 4 fully saturated rings. The lowest BCUT2D eigenvalue weighted by Gasteiger charge is -2.45. The minimum absolute atomic E-state index is 0.190. The molecule has 2 aromatic heterocycles. The summed E-state index contributed by atoms with van der Waals surface area (Å²) in [4.78, 5) is 32.8. The van der Waals surface area contributed by atoms with Crippen molar-refractivity contribution in [1.82, 2.24) is 9.97 Å². The van der Waals surface area contributed by atoms with Gasteiger partial charge in [-0.15, -0.1) is 0 Å². The number of nitrogens with two attached hydrogens (primary N) is 2. The minimum atomic E-state index is -0.963. The summed E-state index contributed by atoms with van der Waals surface area (Å²) in [6, 6.07) is 3.70. The van der Waals surface area contributed by atoms with Crippen molar-refractivity contribution >= 4 is 23.3 Å². The molecule has 4 heterocycles. The lowest BCUT2D eigenvalue weighted by Crippen LogP contribution is -2.52. The molecule has 2 saturated carbocycles. The molecule has 4 aliphatic rings. The van der Waals surface area contributed by atoms with Crippen LogP contribution in [0.3, 0.4) is 0 Å². The van der Waals surface area contributed by atoms with Crippen molar-refractivity contribution in [2.24, 2.45) is 11.8 Å². The number of rotatable bonds is 6. The molecule has 6 N–H and O–H groups in total. The van der Waals surface area contributed by atoms with Crippen LogP contribution in [0.2, 0.25) is 0 Å². The number of nitrogens with zero attached hydrogens (tertiary/aromatic N) is 2. The lowest BCUT2D eigenvalue weighted by atomic mass is 9.75. The molecule has 0 bridgehead atoms. The molecule has 0 spiro atoms. The molecule has 6 rings (SSSR count). The second-order valence-corrected chi connectivity index (χ2v) is 16.4. The van der Waals surface area contributed by atoms with E-state index in [1.807, 2.05) is 53.7 Å². The van der Waals surface area contributed by atoms with Gasteiger partial charge in [-0.25, -0.2) is 0 Å². The van der Waals surface area contributed by atoms with Gasteiger partial charge < -0.3 is 40.6 Å². The molecule has 12 heteroatoms. The molecule has 12 nitrogen and oxygen atoms in total. The molecule has 0 unspecified atom stereocenters. The van der Waals surface area contributed by atoms with Crippen LogP contribution in [-0.4, -0.2) is 66.7 Å². The number of anilines is 2. The summed E-state index contributed by atoms with van der Waals surface area (Å²) < 4.78 is 23.3. The van der Waals surface area contributed by atoms with E-state index in [0.29, 0.717) is 37.1 Å². The van der Waals surface area contributed by atoms with Crippen molar-refractivity contribution in [3.8, 4) is 0 Å². The number of pyridine rings is 2. The third-order valence-electron chi connectivity index (χ3n) is 10.4. The van der Waals surface area contributed by atoms with Crippen molar-refractivity contribution < 1.29 is 38.7 Å². The maximum atomic E-state index is 12.4. The van der Waals surface area contributed by atoms with Crippen molar-refractivity contribution in [3.05, 3.63) is 48.0 Å². The van der Waals surface area contributed by atoms with Gasteiger partial charge in [-0.3, -0.25) is 19.6 Å². The summed E-state index contributed by atoms with van der Waals surface area (Å²) in [6.07, 6.45) is 11.7. The normalized spacial score (nSPS) is 32.2. The number of ether oxygens (including phenoxy) is 4. The smallest absolute Gasteiger partial charge is 0.306 e. The average molecular weight is 697 g/mol. The van der Waals surface area contributed by atoms with Gasteiger partial charge in [0.05, 0.1) is 72.2 Å². The third-order valence-corrected chi connectivity index (χ3v) is 10.4. The first-order valence-corrected chi connectivity index (χ1v) is 18.0. The van der Waals surface area contributed by atoms with Crippen LogP contribution < -0.4 is 11.5 Å². The summed E-state index contributed by atoms with van der Waals surface area (Å²) in [7, 11) is 0. The second kappa shape index (κ2) is 14.7. The fourth-order valence-electron chi connectivity index (χ4n) is 8.21. The molecule has 2 aromatic rings. The molecule has 276 valence electrons. The van der Waals surface area contributed by atoms with Crippen LogP contribution in [0.4, 0.5) is 11.4 Å². The highest BCUT2D eigenvalue weighted by atomic mass is 16.6. The van der Waals surface area contributed by atoms with Crippen LogP contribution in [0.5, 0.6) is 0 Å². The Morgan fingerprint density at radius 1 is 0.760 bits per heavy atom. The Morgan fingerprint density at radius 2 is 1.14 bits per heavy atom. The topological polar surface area (TPSA) is 189 Å². The van der Waals surface area contributed by atoms with Gasteiger partial charge in [-0.1, -0.05) is 0 Å². The molecule has 2 aliphatic heterocycles. The van der Waals surface area contributed by atoms with Gasteiger partial charge in [0.25, 0.3) is 0 Å². The van der Waals surface area contributed by atoms with Gasteiger partial charge in [0.2, 0.25) is 0 Å². The van der Waals surface area contributed by atoms with E-state index in [-0.39, 0.29) is 61.0 Å². The van der Waals surface area contributed by atoms with E-state index >= 15 is 0 Å². The Kier molecular flexibility index (Phi) is 11.2. The van der Waals surface area contributed by atoms with Gasteiger partial charge in [0.1, 0.15) is 11.2 Å². The van der Waals surface area contributed by atoms with E-state index in [9.17, 15) is 19.8 Å². The number of nitrogen functional groups attached to an aromatic ring is 2. The van der Waals surface area contributed by atoms with Crippen molar-refractivity contribution in [1.29, 1.82) is 0 Å². The van der Waals surface area contributed by atoms with Gasteiger partial charge in [0.15, 0.2) is 0 Å². The molecule has 0 aromatic carbocycles. The number of fused-ring (bicyclic) bond motifs is 2. The number of esters is 2.